The topological polar surface area (TPSA) is 72.7 Å². The summed E-state index contributed by atoms with van der Waals surface area (Å²) in [6.45, 7) is 3.53. The third-order valence-corrected chi connectivity index (χ3v) is 3.34. The van der Waals surface area contributed by atoms with Crippen LogP contribution in [0.2, 0.25) is 0 Å². The molecule has 98 valence electrons. The lowest BCUT2D eigenvalue weighted by atomic mass is 9.76. The molecule has 17 heavy (non-hydrogen) atoms. The highest BCUT2D eigenvalue weighted by atomic mass is 16.6. The quantitative estimate of drug-likeness (QED) is 0.408. The minimum atomic E-state index is -0.512. The van der Waals surface area contributed by atoms with Gasteiger partial charge < -0.3 is 9.64 Å². The zero-order chi connectivity index (χ0) is 12.9. The Bertz CT molecular complexity index is 285. The molecule has 0 aromatic rings. The molecule has 1 heterocycles. The molecule has 0 amide bonds. The van der Waals surface area contributed by atoms with Gasteiger partial charge in [0.15, 0.2) is 0 Å². The molecular weight excluding hydrogens is 224 g/mol. The molecule has 1 fully saturated rings. The lowest BCUT2D eigenvalue weighted by molar-refractivity contribution is -0.499. The van der Waals surface area contributed by atoms with E-state index >= 15 is 0 Å². The maximum atomic E-state index is 11.5. The maximum Gasteiger partial charge on any atom is 0.306 e. The predicted octanol–water partition coefficient (Wildman–Crippen LogP) is 0.928. The molecule has 6 nitrogen and oxygen atoms in total. The molecule has 0 aliphatic carbocycles. The number of rotatable bonds is 5. The monoisotopic (exact) mass is 244 g/mol. The molecule has 1 rings (SSSR count). The number of nitrogens with zero attached hydrogens (tertiary/aromatic N) is 2. The number of hydrogen-bond donors (Lipinski definition) is 0. The van der Waals surface area contributed by atoms with Crippen molar-refractivity contribution in [2.45, 2.75) is 26.2 Å². The number of piperidine rings is 1. The van der Waals surface area contributed by atoms with Gasteiger partial charge in [-0.3, -0.25) is 14.9 Å². The van der Waals surface area contributed by atoms with E-state index in [1.54, 1.807) is 6.92 Å². The smallest absolute Gasteiger partial charge is 0.306 e. The van der Waals surface area contributed by atoms with Crippen molar-refractivity contribution >= 4 is 5.97 Å². The van der Waals surface area contributed by atoms with E-state index in [1.807, 2.05) is 7.05 Å². The predicted molar refractivity (Wildman–Crippen MR) is 62.3 cm³/mol. The highest BCUT2D eigenvalue weighted by molar-refractivity contribution is 5.70. The van der Waals surface area contributed by atoms with Crippen LogP contribution in [0.25, 0.3) is 0 Å². The largest absolute Gasteiger partial charge is 0.466 e. The fourth-order valence-corrected chi connectivity index (χ4v) is 2.28. The summed E-state index contributed by atoms with van der Waals surface area (Å²) in [6, 6.07) is 0. The fourth-order valence-electron chi connectivity index (χ4n) is 2.28. The van der Waals surface area contributed by atoms with Crippen molar-refractivity contribution in [3.8, 4) is 0 Å². The van der Waals surface area contributed by atoms with Crippen LogP contribution in [0.3, 0.4) is 0 Å². The van der Waals surface area contributed by atoms with Crippen LogP contribution in [0.15, 0.2) is 0 Å². The van der Waals surface area contributed by atoms with E-state index in [0.717, 1.165) is 13.1 Å². The van der Waals surface area contributed by atoms with Gasteiger partial charge in [0.25, 0.3) is 0 Å². The standard InChI is InChI=1S/C11H20N2O4/c1-3-17-10(14)8-11(9-13(15)16)4-6-12(2)7-5-11/h3-9H2,1-2H3. The van der Waals surface area contributed by atoms with Crippen LogP contribution in [-0.4, -0.2) is 49.1 Å². The van der Waals surface area contributed by atoms with Crippen molar-refractivity contribution in [1.82, 2.24) is 4.90 Å². The van der Waals surface area contributed by atoms with E-state index in [0.29, 0.717) is 19.4 Å². The first-order valence-corrected chi connectivity index (χ1v) is 5.93. The normalized spacial score (nSPS) is 19.9. The van der Waals surface area contributed by atoms with Gasteiger partial charge in [-0.25, -0.2) is 0 Å². The maximum absolute atomic E-state index is 11.5. The SMILES string of the molecule is CCOC(=O)CC1(C[N+](=O)[O-])CCN(C)CC1. The van der Waals surface area contributed by atoms with Gasteiger partial charge in [-0.15, -0.1) is 0 Å². The number of likely N-dealkylation sites (tertiary alicyclic amines) is 1. The van der Waals surface area contributed by atoms with Gasteiger partial charge in [0.05, 0.1) is 13.0 Å². The van der Waals surface area contributed by atoms with Gasteiger partial charge in [-0.05, 0) is 39.9 Å². The number of hydrogen-bond acceptors (Lipinski definition) is 5. The van der Waals surface area contributed by atoms with Crippen LogP contribution in [0.5, 0.6) is 0 Å². The van der Waals surface area contributed by atoms with Crippen molar-refractivity contribution in [3.63, 3.8) is 0 Å². The second-order valence-electron chi connectivity index (χ2n) is 4.78. The number of esters is 1. The molecular formula is C11H20N2O4. The average molecular weight is 244 g/mol. The van der Waals surface area contributed by atoms with E-state index in [4.69, 9.17) is 4.74 Å². The number of carbonyl (C=O) groups is 1. The molecule has 0 saturated carbocycles. The number of ether oxygens (including phenoxy) is 1. The summed E-state index contributed by atoms with van der Waals surface area (Å²) >= 11 is 0. The Balaban J connectivity index is 2.65. The Morgan fingerprint density at radius 3 is 2.53 bits per heavy atom. The van der Waals surface area contributed by atoms with Gasteiger partial charge in [0.2, 0.25) is 6.54 Å². The average Bonchev–Trinajstić information content (AvgIpc) is 2.22. The van der Waals surface area contributed by atoms with Crippen LogP contribution >= 0.6 is 0 Å². The Labute approximate surface area is 101 Å². The van der Waals surface area contributed by atoms with Crippen LogP contribution in [-0.2, 0) is 9.53 Å². The molecule has 1 saturated heterocycles. The highest BCUT2D eigenvalue weighted by Gasteiger charge is 2.40. The first-order valence-electron chi connectivity index (χ1n) is 5.93. The Kier molecular flexibility index (Phi) is 4.86. The fraction of sp³-hybridized carbons (Fsp3) is 0.909. The van der Waals surface area contributed by atoms with Crippen LogP contribution in [0.4, 0.5) is 0 Å². The number of nitro groups is 1. The second kappa shape index (κ2) is 5.95. The highest BCUT2D eigenvalue weighted by Crippen LogP contribution is 2.35. The molecule has 0 unspecified atom stereocenters. The molecule has 0 aromatic heterocycles. The zero-order valence-electron chi connectivity index (χ0n) is 10.5. The van der Waals surface area contributed by atoms with Gasteiger partial charge in [-0.1, -0.05) is 0 Å². The molecule has 0 N–H and O–H groups in total. The Morgan fingerprint density at radius 1 is 1.47 bits per heavy atom. The summed E-state index contributed by atoms with van der Waals surface area (Å²) in [5.41, 5.74) is -0.512. The van der Waals surface area contributed by atoms with Crippen molar-refractivity contribution in [3.05, 3.63) is 10.1 Å². The lowest BCUT2D eigenvalue weighted by Crippen LogP contribution is -2.43. The summed E-state index contributed by atoms with van der Waals surface area (Å²) in [5, 5.41) is 10.7. The van der Waals surface area contributed by atoms with E-state index in [2.05, 4.69) is 4.90 Å². The van der Waals surface area contributed by atoms with Gasteiger partial charge in [-0.2, -0.15) is 0 Å². The van der Waals surface area contributed by atoms with Gasteiger partial charge in [0, 0.05) is 10.3 Å². The Hall–Kier alpha value is -1.17. The summed E-state index contributed by atoms with van der Waals surface area (Å²) in [6.07, 6.45) is 1.53. The van der Waals surface area contributed by atoms with Crippen molar-refractivity contribution in [2.75, 3.05) is 33.3 Å². The van der Waals surface area contributed by atoms with Crippen LogP contribution in [0, 0.1) is 15.5 Å². The van der Waals surface area contributed by atoms with Gasteiger partial charge >= 0.3 is 5.97 Å². The summed E-state index contributed by atoms with van der Waals surface area (Å²) < 4.78 is 4.90. The molecule has 1 aliphatic rings. The lowest BCUT2D eigenvalue weighted by Gasteiger charge is -2.37. The van der Waals surface area contributed by atoms with E-state index in [1.165, 1.54) is 0 Å². The van der Waals surface area contributed by atoms with E-state index in [-0.39, 0.29) is 23.9 Å². The number of carbonyl (C=O) groups excluding carboxylic acids is 1. The second-order valence-corrected chi connectivity index (χ2v) is 4.78. The molecule has 0 bridgehead atoms. The molecule has 0 spiro atoms. The molecule has 1 aliphatic heterocycles. The third kappa shape index (κ3) is 4.30. The van der Waals surface area contributed by atoms with Crippen LogP contribution < -0.4 is 0 Å². The summed E-state index contributed by atoms with van der Waals surface area (Å²) in [7, 11) is 1.99. The minimum Gasteiger partial charge on any atom is -0.466 e. The summed E-state index contributed by atoms with van der Waals surface area (Å²) in [5.74, 6) is -0.320. The van der Waals surface area contributed by atoms with E-state index in [9.17, 15) is 14.9 Å². The van der Waals surface area contributed by atoms with E-state index < -0.39 is 5.41 Å². The first-order chi connectivity index (χ1) is 7.97. The van der Waals surface area contributed by atoms with Crippen molar-refractivity contribution in [1.29, 1.82) is 0 Å². The van der Waals surface area contributed by atoms with Crippen molar-refractivity contribution < 1.29 is 14.5 Å². The van der Waals surface area contributed by atoms with Crippen molar-refractivity contribution in [2.24, 2.45) is 5.41 Å². The summed E-state index contributed by atoms with van der Waals surface area (Å²) in [4.78, 5) is 24.1. The minimum absolute atomic E-state index is 0.139. The van der Waals surface area contributed by atoms with Gasteiger partial charge in [0.1, 0.15) is 0 Å². The molecule has 0 aromatic carbocycles. The Morgan fingerprint density at radius 2 is 2.06 bits per heavy atom. The molecule has 0 radical (unpaired) electrons. The van der Waals surface area contributed by atoms with Crippen LogP contribution in [0.1, 0.15) is 26.2 Å². The third-order valence-electron chi connectivity index (χ3n) is 3.34. The first kappa shape index (κ1) is 13.9. The zero-order valence-corrected chi connectivity index (χ0v) is 10.5. The molecule has 6 heteroatoms. The molecule has 0 atom stereocenters.